The Hall–Kier alpha value is -4.07. The van der Waals surface area contributed by atoms with Crippen molar-refractivity contribution in [2.24, 2.45) is 0 Å². The quantitative estimate of drug-likeness (QED) is 0.538. The van der Waals surface area contributed by atoms with E-state index < -0.39 is 5.82 Å². The molecular formula is C21H17FN6O. The van der Waals surface area contributed by atoms with Gasteiger partial charge in [-0.2, -0.15) is 0 Å². The second-order valence-electron chi connectivity index (χ2n) is 6.27. The van der Waals surface area contributed by atoms with Gasteiger partial charge >= 0.3 is 0 Å². The van der Waals surface area contributed by atoms with E-state index in [1.54, 1.807) is 24.4 Å². The minimum Gasteiger partial charge on any atom is -0.340 e. The molecule has 2 aromatic heterocycles. The zero-order valence-electron chi connectivity index (χ0n) is 15.5. The highest BCUT2D eigenvalue weighted by atomic mass is 19.1. The van der Waals surface area contributed by atoms with Crippen LogP contribution in [0.1, 0.15) is 16.2 Å². The molecule has 2 heterocycles. The third-order valence-electron chi connectivity index (χ3n) is 4.23. The van der Waals surface area contributed by atoms with Gasteiger partial charge in [0.05, 0.1) is 0 Å². The third kappa shape index (κ3) is 4.27. The molecular weight excluding hydrogens is 371 g/mol. The maximum absolute atomic E-state index is 13.3. The summed E-state index contributed by atoms with van der Waals surface area (Å²) in [4.78, 5) is 24.9. The number of aryl methyl sites for hydroxylation is 1. The fourth-order valence-electron chi connectivity index (χ4n) is 2.78. The summed E-state index contributed by atoms with van der Waals surface area (Å²) in [5.74, 6) is 1.33. The van der Waals surface area contributed by atoms with E-state index in [1.165, 1.54) is 24.5 Å². The van der Waals surface area contributed by atoms with Crippen molar-refractivity contribution in [3.05, 3.63) is 90.5 Å². The summed E-state index contributed by atoms with van der Waals surface area (Å²) in [5.41, 5.74) is 1.65. The van der Waals surface area contributed by atoms with E-state index in [4.69, 9.17) is 0 Å². The van der Waals surface area contributed by atoms with Crippen molar-refractivity contribution in [3.8, 4) is 5.82 Å². The Bertz CT molecular complexity index is 1160. The van der Waals surface area contributed by atoms with E-state index in [0.29, 0.717) is 17.3 Å². The number of benzene rings is 2. The van der Waals surface area contributed by atoms with Gasteiger partial charge < -0.3 is 10.6 Å². The SMILES string of the molecule is Cc1nccn1-c1cc(Nc2ccc(NC(=O)c3cccc(F)c3)cc2)ncn1. The largest absolute Gasteiger partial charge is 0.340 e. The molecule has 0 aliphatic rings. The normalized spacial score (nSPS) is 10.6. The van der Waals surface area contributed by atoms with E-state index in [9.17, 15) is 9.18 Å². The lowest BCUT2D eigenvalue weighted by atomic mass is 10.2. The number of nitrogens with one attached hydrogen (secondary N) is 2. The number of imidazole rings is 1. The molecule has 0 saturated heterocycles. The van der Waals surface area contributed by atoms with Gasteiger partial charge in [-0.15, -0.1) is 0 Å². The summed E-state index contributed by atoms with van der Waals surface area (Å²) in [7, 11) is 0. The molecule has 144 valence electrons. The van der Waals surface area contributed by atoms with Crippen LogP contribution in [-0.2, 0) is 0 Å². The first kappa shape index (κ1) is 18.3. The predicted octanol–water partition coefficient (Wildman–Crippen LogP) is 4.11. The average molecular weight is 388 g/mol. The first-order valence-corrected chi connectivity index (χ1v) is 8.85. The summed E-state index contributed by atoms with van der Waals surface area (Å²) < 4.78 is 15.1. The van der Waals surface area contributed by atoms with Gasteiger partial charge in [-0.25, -0.2) is 19.3 Å². The number of aromatic nitrogens is 4. The van der Waals surface area contributed by atoms with Crippen LogP contribution in [0.4, 0.5) is 21.6 Å². The molecule has 0 atom stereocenters. The topological polar surface area (TPSA) is 84.7 Å². The monoisotopic (exact) mass is 388 g/mol. The summed E-state index contributed by atoms with van der Waals surface area (Å²) in [6.07, 6.45) is 5.02. The van der Waals surface area contributed by atoms with Crippen molar-refractivity contribution >= 4 is 23.1 Å². The van der Waals surface area contributed by atoms with Gasteiger partial charge in [0.25, 0.3) is 5.91 Å². The number of carbonyl (C=O) groups excluding carboxylic acids is 1. The molecule has 4 rings (SSSR count). The first-order valence-electron chi connectivity index (χ1n) is 8.85. The number of hydrogen-bond donors (Lipinski definition) is 2. The molecule has 0 unspecified atom stereocenters. The van der Waals surface area contributed by atoms with Crippen LogP contribution in [-0.4, -0.2) is 25.4 Å². The van der Waals surface area contributed by atoms with Crippen LogP contribution in [0.15, 0.2) is 73.3 Å². The lowest BCUT2D eigenvalue weighted by Crippen LogP contribution is -2.11. The van der Waals surface area contributed by atoms with Gasteiger partial charge in [0, 0.05) is 35.4 Å². The van der Waals surface area contributed by atoms with Gasteiger partial charge in [-0.1, -0.05) is 6.07 Å². The van der Waals surface area contributed by atoms with Crippen LogP contribution < -0.4 is 10.6 Å². The molecule has 8 heteroatoms. The van der Waals surface area contributed by atoms with Crippen molar-refractivity contribution in [3.63, 3.8) is 0 Å². The molecule has 2 aromatic carbocycles. The van der Waals surface area contributed by atoms with Gasteiger partial charge in [0.1, 0.15) is 29.6 Å². The van der Waals surface area contributed by atoms with E-state index in [-0.39, 0.29) is 11.5 Å². The second kappa shape index (κ2) is 7.89. The Balaban J connectivity index is 1.45. The fraction of sp³-hybridized carbons (Fsp3) is 0.0476. The highest BCUT2D eigenvalue weighted by Crippen LogP contribution is 2.19. The van der Waals surface area contributed by atoms with Crippen LogP contribution in [0.5, 0.6) is 0 Å². The Morgan fingerprint density at radius 2 is 1.79 bits per heavy atom. The minimum atomic E-state index is -0.452. The molecule has 2 N–H and O–H groups in total. The molecule has 29 heavy (non-hydrogen) atoms. The van der Waals surface area contributed by atoms with Crippen LogP contribution in [0, 0.1) is 12.7 Å². The molecule has 0 spiro atoms. The highest BCUT2D eigenvalue weighted by molar-refractivity contribution is 6.04. The smallest absolute Gasteiger partial charge is 0.255 e. The van der Waals surface area contributed by atoms with Crippen LogP contribution in [0.3, 0.4) is 0 Å². The Morgan fingerprint density at radius 3 is 2.52 bits per heavy atom. The number of anilines is 3. The van der Waals surface area contributed by atoms with Crippen molar-refractivity contribution in [1.82, 2.24) is 19.5 Å². The molecule has 0 fully saturated rings. The first-order chi connectivity index (χ1) is 14.1. The number of amides is 1. The number of halogens is 1. The molecule has 0 aliphatic heterocycles. The number of nitrogens with zero attached hydrogens (tertiary/aromatic N) is 4. The van der Waals surface area contributed by atoms with Crippen molar-refractivity contribution in [2.75, 3.05) is 10.6 Å². The summed E-state index contributed by atoms with van der Waals surface area (Å²) in [6.45, 7) is 1.89. The molecule has 1 amide bonds. The van der Waals surface area contributed by atoms with Crippen LogP contribution >= 0.6 is 0 Å². The fourth-order valence-corrected chi connectivity index (χ4v) is 2.78. The molecule has 0 radical (unpaired) electrons. The van der Waals surface area contributed by atoms with E-state index in [2.05, 4.69) is 25.6 Å². The van der Waals surface area contributed by atoms with E-state index >= 15 is 0 Å². The van der Waals surface area contributed by atoms with Crippen molar-refractivity contribution < 1.29 is 9.18 Å². The summed E-state index contributed by atoms with van der Waals surface area (Å²) in [5, 5.41) is 5.94. The van der Waals surface area contributed by atoms with Gasteiger partial charge in [0.2, 0.25) is 0 Å². The maximum Gasteiger partial charge on any atom is 0.255 e. The highest BCUT2D eigenvalue weighted by Gasteiger charge is 2.08. The van der Waals surface area contributed by atoms with E-state index in [0.717, 1.165) is 11.5 Å². The average Bonchev–Trinajstić information content (AvgIpc) is 3.16. The minimum absolute atomic E-state index is 0.260. The Labute approximate surface area is 166 Å². The summed E-state index contributed by atoms with van der Waals surface area (Å²) >= 11 is 0. The lowest BCUT2D eigenvalue weighted by molar-refractivity contribution is 0.102. The Morgan fingerprint density at radius 1 is 1.00 bits per heavy atom. The van der Waals surface area contributed by atoms with E-state index in [1.807, 2.05) is 35.9 Å². The van der Waals surface area contributed by atoms with Gasteiger partial charge in [0.15, 0.2) is 0 Å². The molecule has 0 saturated carbocycles. The Kier molecular flexibility index (Phi) is 4.98. The summed E-state index contributed by atoms with van der Waals surface area (Å²) in [6, 6.07) is 14.5. The van der Waals surface area contributed by atoms with Crippen molar-refractivity contribution in [2.45, 2.75) is 6.92 Å². The molecule has 7 nitrogen and oxygen atoms in total. The molecule has 0 aliphatic carbocycles. The standard InChI is InChI=1S/C21H17FN6O/c1-14-23-9-10-28(14)20-12-19(24-13-25-20)26-17-5-7-18(8-6-17)27-21(29)15-3-2-4-16(22)11-15/h2-13H,1H3,(H,27,29)(H,24,25,26). The maximum atomic E-state index is 13.3. The lowest BCUT2D eigenvalue weighted by Gasteiger charge is -2.10. The zero-order valence-corrected chi connectivity index (χ0v) is 15.5. The van der Waals surface area contributed by atoms with Gasteiger partial charge in [-0.05, 0) is 49.4 Å². The van der Waals surface area contributed by atoms with Crippen LogP contribution in [0.25, 0.3) is 5.82 Å². The second-order valence-corrected chi connectivity index (χ2v) is 6.27. The zero-order chi connectivity index (χ0) is 20.2. The molecule has 4 aromatic rings. The molecule has 0 bridgehead atoms. The third-order valence-corrected chi connectivity index (χ3v) is 4.23. The number of hydrogen-bond acceptors (Lipinski definition) is 5. The number of carbonyl (C=O) groups is 1. The van der Waals surface area contributed by atoms with Crippen molar-refractivity contribution in [1.29, 1.82) is 0 Å². The number of rotatable bonds is 5. The predicted molar refractivity (Wildman–Crippen MR) is 108 cm³/mol. The van der Waals surface area contributed by atoms with Gasteiger partial charge in [-0.3, -0.25) is 9.36 Å². The van der Waals surface area contributed by atoms with Crippen LogP contribution in [0.2, 0.25) is 0 Å².